The largest absolute Gasteiger partial charge is 1.00 e. The molecule has 0 heterocycles. The molecule has 0 unspecified atom stereocenters. The van der Waals surface area contributed by atoms with Crippen LogP contribution >= 0.6 is 0 Å². The van der Waals surface area contributed by atoms with Crippen LogP contribution in [0.1, 0.15) is 72.9 Å². The number of aromatic carboxylic acids is 2. The molecule has 150 valence electrons. The van der Waals surface area contributed by atoms with Crippen molar-refractivity contribution < 1.29 is 38.7 Å². The van der Waals surface area contributed by atoms with E-state index in [1.54, 1.807) is 37.3 Å². The third kappa shape index (κ3) is 12.4. The summed E-state index contributed by atoms with van der Waals surface area (Å²) < 4.78 is 0. The summed E-state index contributed by atoms with van der Waals surface area (Å²) >= 11 is 0. The molecule has 2 aromatic rings. The van der Waals surface area contributed by atoms with E-state index < -0.39 is 11.9 Å². The van der Waals surface area contributed by atoms with Crippen molar-refractivity contribution >= 4 is 11.9 Å². The molecule has 2 aromatic carbocycles. The number of aryl methyl sites for hydroxylation is 2. The summed E-state index contributed by atoms with van der Waals surface area (Å²) in [4.78, 5) is 21.1. The van der Waals surface area contributed by atoms with Gasteiger partial charge in [0.05, 0.1) is 11.1 Å². The maximum Gasteiger partial charge on any atom is 1.00 e. The van der Waals surface area contributed by atoms with Gasteiger partial charge in [-0.25, -0.2) is 9.59 Å². The Morgan fingerprint density at radius 1 is 0.893 bits per heavy atom. The molecule has 0 aliphatic heterocycles. The fourth-order valence-electron chi connectivity index (χ4n) is 2.03. The Balaban J connectivity index is -0.000000358. The SMILES string of the molecule is C.CCCc1ccccc1C(=O)O.C[CH-]CC.Cc1ccccc1C(=O)O.[Li+]. The van der Waals surface area contributed by atoms with Crippen molar-refractivity contribution in [3.8, 4) is 0 Å². The van der Waals surface area contributed by atoms with Gasteiger partial charge in [0.25, 0.3) is 0 Å². The molecule has 5 heteroatoms. The quantitative estimate of drug-likeness (QED) is 0.617. The Morgan fingerprint density at radius 2 is 1.32 bits per heavy atom. The molecule has 0 amide bonds. The van der Waals surface area contributed by atoms with Crippen LogP contribution in [0.4, 0.5) is 0 Å². The van der Waals surface area contributed by atoms with Crippen molar-refractivity contribution in [1.82, 2.24) is 0 Å². The van der Waals surface area contributed by atoms with Crippen molar-refractivity contribution in [2.24, 2.45) is 0 Å². The molecule has 0 atom stereocenters. The Kier molecular flexibility index (Phi) is 20.1. The first kappa shape index (κ1) is 30.7. The second kappa shape index (κ2) is 18.3. The van der Waals surface area contributed by atoms with Gasteiger partial charge in [0.2, 0.25) is 0 Å². The van der Waals surface area contributed by atoms with Crippen LogP contribution in [0, 0.1) is 13.3 Å². The van der Waals surface area contributed by atoms with E-state index in [-0.39, 0.29) is 26.3 Å². The van der Waals surface area contributed by atoms with E-state index in [4.69, 9.17) is 10.2 Å². The zero-order valence-electron chi connectivity index (χ0n) is 17.0. The Bertz CT molecular complexity index is 682. The molecule has 0 fully saturated rings. The molecule has 0 aliphatic carbocycles. The number of carboxylic acids is 2. The molecule has 0 aliphatic rings. The summed E-state index contributed by atoms with van der Waals surface area (Å²) in [5, 5.41) is 17.4. The van der Waals surface area contributed by atoms with Gasteiger partial charge in [-0.3, -0.25) is 0 Å². The average Bonchev–Trinajstić information content (AvgIpc) is 2.63. The van der Waals surface area contributed by atoms with E-state index in [0.29, 0.717) is 11.1 Å². The van der Waals surface area contributed by atoms with Gasteiger partial charge in [-0.1, -0.05) is 64.1 Å². The zero-order chi connectivity index (χ0) is 19.9. The summed E-state index contributed by atoms with van der Waals surface area (Å²) in [5.41, 5.74) is 2.53. The van der Waals surface area contributed by atoms with Gasteiger partial charge in [-0.05, 0) is 36.6 Å². The van der Waals surface area contributed by atoms with Gasteiger partial charge in [0.15, 0.2) is 0 Å². The van der Waals surface area contributed by atoms with Gasteiger partial charge >= 0.3 is 30.8 Å². The first-order chi connectivity index (χ1) is 12.4. The van der Waals surface area contributed by atoms with Crippen molar-refractivity contribution in [2.45, 2.75) is 54.4 Å². The predicted octanol–water partition coefficient (Wildman–Crippen LogP) is 3.29. The maximum atomic E-state index is 10.7. The number of benzene rings is 2. The van der Waals surface area contributed by atoms with Crippen molar-refractivity contribution in [3.05, 3.63) is 77.2 Å². The fraction of sp³-hybridized carbons (Fsp3) is 0.348. The first-order valence-corrected chi connectivity index (χ1v) is 8.76. The second-order valence-corrected chi connectivity index (χ2v) is 5.65. The van der Waals surface area contributed by atoms with Crippen LogP contribution in [0.2, 0.25) is 0 Å². The van der Waals surface area contributed by atoms with Crippen LogP contribution in [-0.2, 0) is 6.42 Å². The van der Waals surface area contributed by atoms with Crippen molar-refractivity contribution in [3.63, 3.8) is 0 Å². The van der Waals surface area contributed by atoms with E-state index in [2.05, 4.69) is 20.3 Å². The molecule has 0 aromatic heterocycles. The molecular weight excluding hydrogens is 347 g/mol. The molecule has 0 saturated carbocycles. The standard InChI is InChI=1S/C10H12O2.C8H8O2.C4H9.CH4.Li/c1-2-5-8-6-3-4-7-9(8)10(11)12;1-6-4-2-3-5-7(6)8(9)10;1-3-4-2;;/h3-4,6-7H,2,5H2,1H3,(H,11,12);2-5H,1H3,(H,9,10);3H,4H2,1-2H3;1H4;/q;;-1;;+1. The Morgan fingerprint density at radius 3 is 1.68 bits per heavy atom. The number of carbonyl (C=O) groups is 2. The molecule has 28 heavy (non-hydrogen) atoms. The molecule has 0 spiro atoms. The van der Waals surface area contributed by atoms with Crippen molar-refractivity contribution in [1.29, 1.82) is 0 Å². The van der Waals surface area contributed by atoms with E-state index in [0.717, 1.165) is 24.0 Å². The predicted molar refractivity (Wildman–Crippen MR) is 113 cm³/mol. The van der Waals surface area contributed by atoms with Gasteiger partial charge in [0.1, 0.15) is 0 Å². The Labute approximate surface area is 182 Å². The fourth-order valence-corrected chi connectivity index (χ4v) is 2.03. The van der Waals surface area contributed by atoms with Crippen molar-refractivity contribution in [2.75, 3.05) is 0 Å². The maximum absolute atomic E-state index is 10.7. The molecule has 0 saturated heterocycles. The number of hydrogen-bond acceptors (Lipinski definition) is 2. The van der Waals surface area contributed by atoms with Crippen LogP contribution in [0.25, 0.3) is 0 Å². The van der Waals surface area contributed by atoms with E-state index in [1.165, 1.54) is 6.42 Å². The van der Waals surface area contributed by atoms with Gasteiger partial charge < -0.3 is 16.6 Å². The van der Waals surface area contributed by atoms with Crippen LogP contribution in [0.5, 0.6) is 0 Å². The minimum absolute atomic E-state index is 0. The molecule has 0 bridgehead atoms. The molecule has 2 N–H and O–H groups in total. The number of rotatable bonds is 5. The Hall–Kier alpha value is -2.02. The van der Waals surface area contributed by atoms with E-state index >= 15 is 0 Å². The summed E-state index contributed by atoms with van der Waals surface area (Å²) in [6, 6.07) is 14.1. The zero-order valence-corrected chi connectivity index (χ0v) is 17.0. The summed E-state index contributed by atoms with van der Waals surface area (Å²) in [6.45, 7) is 8.00. The van der Waals surface area contributed by atoms with Crippen LogP contribution in [0.15, 0.2) is 48.5 Å². The average molecular weight is 380 g/mol. The monoisotopic (exact) mass is 380 g/mol. The third-order valence-electron chi connectivity index (χ3n) is 3.55. The van der Waals surface area contributed by atoms with Crippen LogP contribution < -0.4 is 18.9 Å². The minimum Gasteiger partial charge on any atom is -0.478 e. The molecule has 0 radical (unpaired) electrons. The minimum atomic E-state index is -0.863. The molecule has 4 nitrogen and oxygen atoms in total. The number of hydrogen-bond donors (Lipinski definition) is 2. The topological polar surface area (TPSA) is 74.6 Å². The van der Waals surface area contributed by atoms with Gasteiger partial charge in [-0.2, -0.15) is 13.3 Å². The molecular formula is C23H33LiO4. The van der Waals surface area contributed by atoms with Gasteiger partial charge in [-0.15, -0.1) is 0 Å². The summed E-state index contributed by atoms with van der Waals surface area (Å²) in [6.07, 6.45) is 5.13. The normalized spacial score (nSPS) is 8.57. The smallest absolute Gasteiger partial charge is 0.478 e. The summed E-state index contributed by atoms with van der Waals surface area (Å²) in [7, 11) is 0. The van der Waals surface area contributed by atoms with E-state index in [1.807, 2.05) is 25.1 Å². The third-order valence-corrected chi connectivity index (χ3v) is 3.55. The number of unbranched alkanes of at least 4 members (excludes halogenated alkanes) is 1. The second-order valence-electron chi connectivity index (χ2n) is 5.65. The van der Waals surface area contributed by atoms with Crippen LogP contribution in [0.3, 0.4) is 0 Å². The van der Waals surface area contributed by atoms with E-state index in [9.17, 15) is 9.59 Å². The van der Waals surface area contributed by atoms with Gasteiger partial charge in [0, 0.05) is 0 Å². The molecule has 2 rings (SSSR count). The number of carboxylic acid groups (broad SMARTS) is 2. The first-order valence-electron chi connectivity index (χ1n) is 8.76. The summed E-state index contributed by atoms with van der Waals surface area (Å²) in [5.74, 6) is -1.70. The van der Waals surface area contributed by atoms with Crippen LogP contribution in [-0.4, -0.2) is 22.2 Å².